The Balaban J connectivity index is 2.37. The molecule has 0 saturated carbocycles. The minimum absolute atomic E-state index is 0.259. The first-order valence-corrected chi connectivity index (χ1v) is 4.69. The zero-order valence-corrected chi connectivity index (χ0v) is 7.93. The third-order valence-electron chi connectivity index (χ3n) is 2.42. The molecule has 1 aliphatic rings. The molecule has 0 fully saturated rings. The Labute approximate surface area is 81.5 Å². The Morgan fingerprint density at radius 1 is 1.36 bits per heavy atom. The normalized spacial score (nSPS) is 21.1. The summed E-state index contributed by atoms with van der Waals surface area (Å²) in [5, 5.41) is 0. The van der Waals surface area contributed by atoms with E-state index in [0.717, 1.165) is 24.6 Å². The first kappa shape index (κ1) is 9.31. The quantitative estimate of drug-likeness (QED) is 0.653. The summed E-state index contributed by atoms with van der Waals surface area (Å²) in [6.07, 6.45) is 1.73. The van der Waals surface area contributed by atoms with Crippen LogP contribution in [0, 0.1) is 11.6 Å². The Hall–Kier alpha value is -1.25. The number of aliphatic imine (C=N–C) groups is 1. The molecule has 0 amide bonds. The van der Waals surface area contributed by atoms with Crippen molar-refractivity contribution in [2.75, 3.05) is 0 Å². The van der Waals surface area contributed by atoms with E-state index >= 15 is 0 Å². The van der Waals surface area contributed by atoms with E-state index in [1.165, 1.54) is 12.1 Å². The number of hydrogen-bond acceptors (Lipinski definition) is 1. The molecule has 0 spiro atoms. The fraction of sp³-hybridized carbons (Fsp3) is 0.364. The fourth-order valence-electron chi connectivity index (χ4n) is 1.67. The molecule has 0 N–H and O–H groups in total. The number of hydrogen-bond donors (Lipinski definition) is 0. The SMILES string of the molecule is CC1CCC(c2ccc(F)cc2F)=N1. The molecule has 3 heteroatoms. The largest absolute Gasteiger partial charge is 0.286 e. The first-order valence-electron chi connectivity index (χ1n) is 4.69. The van der Waals surface area contributed by atoms with Gasteiger partial charge >= 0.3 is 0 Å². The maximum atomic E-state index is 13.3. The average molecular weight is 195 g/mol. The fourth-order valence-corrected chi connectivity index (χ4v) is 1.67. The van der Waals surface area contributed by atoms with Crippen molar-refractivity contribution >= 4 is 5.71 Å². The summed E-state index contributed by atoms with van der Waals surface area (Å²) < 4.78 is 25.9. The van der Waals surface area contributed by atoms with Crippen molar-refractivity contribution in [2.45, 2.75) is 25.8 Å². The Morgan fingerprint density at radius 2 is 2.14 bits per heavy atom. The van der Waals surface area contributed by atoms with Crippen LogP contribution < -0.4 is 0 Å². The molecule has 1 unspecified atom stereocenters. The highest BCUT2D eigenvalue weighted by Gasteiger charge is 2.17. The molecular formula is C11H11F2N. The molecule has 0 radical (unpaired) electrons. The molecule has 1 atom stereocenters. The predicted molar refractivity (Wildman–Crippen MR) is 51.6 cm³/mol. The highest BCUT2D eigenvalue weighted by atomic mass is 19.1. The second-order valence-electron chi connectivity index (χ2n) is 3.59. The Bertz CT molecular complexity index is 385. The summed E-state index contributed by atoms with van der Waals surface area (Å²) >= 11 is 0. The van der Waals surface area contributed by atoms with E-state index in [1.807, 2.05) is 6.92 Å². The zero-order chi connectivity index (χ0) is 10.1. The van der Waals surface area contributed by atoms with Crippen molar-refractivity contribution in [2.24, 2.45) is 4.99 Å². The molecule has 0 aromatic heterocycles. The van der Waals surface area contributed by atoms with Crippen LogP contribution in [0.1, 0.15) is 25.3 Å². The van der Waals surface area contributed by atoms with Crippen LogP contribution in [0.25, 0.3) is 0 Å². The van der Waals surface area contributed by atoms with Gasteiger partial charge in [-0.3, -0.25) is 4.99 Å². The lowest BCUT2D eigenvalue weighted by Crippen LogP contribution is -2.00. The molecule has 2 rings (SSSR count). The van der Waals surface area contributed by atoms with Crippen molar-refractivity contribution < 1.29 is 8.78 Å². The molecular weight excluding hydrogens is 184 g/mol. The molecule has 0 bridgehead atoms. The second kappa shape index (κ2) is 3.48. The van der Waals surface area contributed by atoms with E-state index in [1.54, 1.807) is 0 Å². The minimum Gasteiger partial charge on any atom is -0.286 e. The Kier molecular flexibility index (Phi) is 2.32. The number of benzene rings is 1. The van der Waals surface area contributed by atoms with Gasteiger partial charge in [-0.1, -0.05) is 0 Å². The Morgan fingerprint density at radius 3 is 2.71 bits per heavy atom. The lowest BCUT2D eigenvalue weighted by Gasteiger charge is -2.01. The van der Waals surface area contributed by atoms with Gasteiger partial charge < -0.3 is 0 Å². The molecule has 0 aliphatic carbocycles. The van der Waals surface area contributed by atoms with Gasteiger partial charge in [0, 0.05) is 23.4 Å². The first-order chi connectivity index (χ1) is 6.66. The third-order valence-corrected chi connectivity index (χ3v) is 2.42. The van der Waals surface area contributed by atoms with E-state index in [9.17, 15) is 8.78 Å². The second-order valence-corrected chi connectivity index (χ2v) is 3.59. The van der Waals surface area contributed by atoms with Gasteiger partial charge in [0.25, 0.3) is 0 Å². The van der Waals surface area contributed by atoms with Gasteiger partial charge in [0.05, 0.1) is 0 Å². The third kappa shape index (κ3) is 1.67. The molecule has 74 valence electrons. The average Bonchev–Trinajstić information content (AvgIpc) is 2.51. The van der Waals surface area contributed by atoms with Gasteiger partial charge in [-0.15, -0.1) is 0 Å². The highest BCUT2D eigenvalue weighted by molar-refractivity contribution is 6.01. The minimum atomic E-state index is -0.544. The molecule has 1 heterocycles. The van der Waals surface area contributed by atoms with E-state index in [2.05, 4.69) is 4.99 Å². The van der Waals surface area contributed by atoms with Crippen LogP contribution in [-0.4, -0.2) is 11.8 Å². The monoisotopic (exact) mass is 195 g/mol. The van der Waals surface area contributed by atoms with Crippen LogP contribution in [-0.2, 0) is 0 Å². The number of rotatable bonds is 1. The maximum Gasteiger partial charge on any atom is 0.135 e. The highest BCUT2D eigenvalue weighted by Crippen LogP contribution is 2.20. The van der Waals surface area contributed by atoms with Gasteiger partial charge in [0.15, 0.2) is 0 Å². The summed E-state index contributed by atoms with van der Waals surface area (Å²) in [5.41, 5.74) is 1.20. The summed E-state index contributed by atoms with van der Waals surface area (Å²) in [6.45, 7) is 1.99. The number of halogens is 2. The van der Waals surface area contributed by atoms with E-state index in [0.29, 0.717) is 5.56 Å². The zero-order valence-electron chi connectivity index (χ0n) is 7.93. The van der Waals surface area contributed by atoms with Gasteiger partial charge in [-0.05, 0) is 31.9 Å². The van der Waals surface area contributed by atoms with Gasteiger partial charge in [-0.2, -0.15) is 0 Å². The summed E-state index contributed by atoms with van der Waals surface area (Å²) in [5.74, 6) is -1.06. The van der Waals surface area contributed by atoms with Crippen molar-refractivity contribution in [3.63, 3.8) is 0 Å². The molecule has 0 saturated heterocycles. The molecule has 1 aliphatic heterocycles. The standard InChI is InChI=1S/C11H11F2N/c1-7-2-5-11(14-7)9-4-3-8(12)6-10(9)13/h3-4,6-7H,2,5H2,1H3. The van der Waals surface area contributed by atoms with Gasteiger partial charge in [-0.25, -0.2) is 8.78 Å². The number of nitrogens with zero attached hydrogens (tertiary/aromatic N) is 1. The maximum absolute atomic E-state index is 13.3. The molecule has 14 heavy (non-hydrogen) atoms. The predicted octanol–water partition coefficient (Wildman–Crippen LogP) is 2.94. The lowest BCUT2D eigenvalue weighted by molar-refractivity contribution is 0.581. The van der Waals surface area contributed by atoms with Crippen molar-refractivity contribution in [1.29, 1.82) is 0 Å². The van der Waals surface area contributed by atoms with E-state index in [4.69, 9.17) is 0 Å². The van der Waals surface area contributed by atoms with Crippen LogP contribution in [0.4, 0.5) is 8.78 Å². The van der Waals surface area contributed by atoms with Gasteiger partial charge in [0.1, 0.15) is 11.6 Å². The lowest BCUT2D eigenvalue weighted by atomic mass is 10.1. The smallest absolute Gasteiger partial charge is 0.135 e. The molecule has 1 nitrogen and oxygen atoms in total. The van der Waals surface area contributed by atoms with Gasteiger partial charge in [0.2, 0.25) is 0 Å². The summed E-state index contributed by atoms with van der Waals surface area (Å²) in [6, 6.07) is 3.89. The van der Waals surface area contributed by atoms with E-state index < -0.39 is 11.6 Å². The van der Waals surface area contributed by atoms with Crippen molar-refractivity contribution in [3.05, 3.63) is 35.4 Å². The van der Waals surface area contributed by atoms with Crippen LogP contribution in [0.3, 0.4) is 0 Å². The van der Waals surface area contributed by atoms with Crippen LogP contribution in [0.15, 0.2) is 23.2 Å². The van der Waals surface area contributed by atoms with Crippen LogP contribution in [0.5, 0.6) is 0 Å². The molecule has 1 aromatic rings. The topological polar surface area (TPSA) is 12.4 Å². The van der Waals surface area contributed by atoms with Crippen LogP contribution >= 0.6 is 0 Å². The molecule has 1 aromatic carbocycles. The van der Waals surface area contributed by atoms with Crippen molar-refractivity contribution in [3.8, 4) is 0 Å². The van der Waals surface area contributed by atoms with E-state index in [-0.39, 0.29) is 6.04 Å². The van der Waals surface area contributed by atoms with Crippen molar-refractivity contribution in [1.82, 2.24) is 0 Å². The summed E-state index contributed by atoms with van der Waals surface area (Å²) in [4.78, 5) is 4.30. The van der Waals surface area contributed by atoms with Crippen LogP contribution in [0.2, 0.25) is 0 Å². The summed E-state index contributed by atoms with van der Waals surface area (Å²) in [7, 11) is 0.